The van der Waals surface area contributed by atoms with E-state index in [1.54, 1.807) is 0 Å². The Morgan fingerprint density at radius 3 is 2.68 bits per heavy atom. The van der Waals surface area contributed by atoms with Gasteiger partial charge in [0.05, 0.1) is 0 Å². The molecule has 2 heteroatoms. The molecule has 0 fully saturated rings. The van der Waals surface area contributed by atoms with Gasteiger partial charge >= 0.3 is 0 Å². The van der Waals surface area contributed by atoms with Gasteiger partial charge in [-0.05, 0) is 48.6 Å². The molecule has 19 heavy (non-hydrogen) atoms. The lowest BCUT2D eigenvalue weighted by Crippen LogP contribution is -2.17. The van der Waals surface area contributed by atoms with E-state index in [4.69, 9.17) is 0 Å². The molecule has 2 aromatic rings. The second-order valence-corrected chi connectivity index (χ2v) is 5.08. The first kappa shape index (κ1) is 13.8. The number of pyridine rings is 1. The van der Waals surface area contributed by atoms with E-state index in [1.807, 2.05) is 12.4 Å². The smallest absolute Gasteiger partial charge is 0.0315 e. The SMILES string of the molecule is Cc1ccncc1CNCCC(C)c1ccccc1. The monoisotopic (exact) mass is 254 g/mol. The van der Waals surface area contributed by atoms with Crippen molar-refractivity contribution in [3.8, 4) is 0 Å². The Balaban J connectivity index is 1.74. The normalized spacial score (nSPS) is 12.3. The quantitative estimate of drug-likeness (QED) is 0.796. The number of nitrogens with one attached hydrogen (secondary N) is 1. The molecule has 100 valence electrons. The van der Waals surface area contributed by atoms with Gasteiger partial charge in [0.25, 0.3) is 0 Å². The van der Waals surface area contributed by atoms with Gasteiger partial charge in [-0.25, -0.2) is 0 Å². The number of benzene rings is 1. The van der Waals surface area contributed by atoms with Crippen LogP contribution in [0, 0.1) is 6.92 Å². The Kier molecular flexibility index (Phi) is 5.10. The average Bonchev–Trinajstić information content (AvgIpc) is 2.46. The second-order valence-electron chi connectivity index (χ2n) is 5.08. The minimum atomic E-state index is 0.601. The van der Waals surface area contributed by atoms with Crippen molar-refractivity contribution in [3.05, 3.63) is 65.5 Å². The van der Waals surface area contributed by atoms with E-state index in [0.29, 0.717) is 5.92 Å². The fourth-order valence-electron chi connectivity index (χ4n) is 2.17. The van der Waals surface area contributed by atoms with Gasteiger partial charge in [-0.2, -0.15) is 0 Å². The zero-order valence-corrected chi connectivity index (χ0v) is 11.8. The predicted molar refractivity (Wildman–Crippen MR) is 80.2 cm³/mol. The molecule has 0 saturated heterocycles. The van der Waals surface area contributed by atoms with Crippen LogP contribution in [0.25, 0.3) is 0 Å². The summed E-state index contributed by atoms with van der Waals surface area (Å²) < 4.78 is 0. The summed E-state index contributed by atoms with van der Waals surface area (Å²) in [7, 11) is 0. The molecule has 0 saturated carbocycles. The van der Waals surface area contributed by atoms with Gasteiger partial charge in [-0.3, -0.25) is 4.98 Å². The first-order chi connectivity index (χ1) is 9.27. The van der Waals surface area contributed by atoms with Crippen LogP contribution in [-0.4, -0.2) is 11.5 Å². The summed E-state index contributed by atoms with van der Waals surface area (Å²) in [6.07, 6.45) is 4.95. The van der Waals surface area contributed by atoms with Gasteiger partial charge < -0.3 is 5.32 Å². The molecule has 2 rings (SSSR count). The van der Waals surface area contributed by atoms with Gasteiger partial charge in [0.2, 0.25) is 0 Å². The van der Waals surface area contributed by atoms with Crippen molar-refractivity contribution in [3.63, 3.8) is 0 Å². The van der Waals surface area contributed by atoms with E-state index >= 15 is 0 Å². The van der Waals surface area contributed by atoms with Crippen LogP contribution >= 0.6 is 0 Å². The molecular formula is C17H22N2. The zero-order chi connectivity index (χ0) is 13.5. The third-order valence-electron chi connectivity index (χ3n) is 3.59. The van der Waals surface area contributed by atoms with Crippen LogP contribution in [0.2, 0.25) is 0 Å². The summed E-state index contributed by atoms with van der Waals surface area (Å²) in [5.41, 5.74) is 4.01. The third kappa shape index (κ3) is 4.18. The standard InChI is InChI=1S/C17H22N2/c1-14(16-6-4-3-5-7-16)8-10-18-12-17-13-19-11-9-15(17)2/h3-7,9,11,13-14,18H,8,10,12H2,1-2H3. The molecule has 1 aromatic carbocycles. The number of rotatable bonds is 6. The Bertz CT molecular complexity index is 494. The summed E-state index contributed by atoms with van der Waals surface area (Å²) >= 11 is 0. The van der Waals surface area contributed by atoms with Crippen molar-refractivity contribution in [1.29, 1.82) is 0 Å². The maximum atomic E-state index is 4.17. The highest BCUT2D eigenvalue weighted by Crippen LogP contribution is 2.17. The highest BCUT2D eigenvalue weighted by molar-refractivity contribution is 5.21. The minimum absolute atomic E-state index is 0.601. The highest BCUT2D eigenvalue weighted by atomic mass is 14.8. The Morgan fingerprint density at radius 2 is 1.95 bits per heavy atom. The van der Waals surface area contributed by atoms with E-state index in [0.717, 1.165) is 19.5 Å². The van der Waals surface area contributed by atoms with Crippen LogP contribution in [0.5, 0.6) is 0 Å². The summed E-state index contributed by atoms with van der Waals surface area (Å²) in [6, 6.07) is 12.8. The van der Waals surface area contributed by atoms with Gasteiger partial charge in [0, 0.05) is 18.9 Å². The van der Waals surface area contributed by atoms with Crippen molar-refractivity contribution < 1.29 is 0 Å². The van der Waals surface area contributed by atoms with Crippen LogP contribution in [-0.2, 0) is 6.54 Å². The Labute approximate surface area is 115 Å². The molecule has 2 nitrogen and oxygen atoms in total. The zero-order valence-electron chi connectivity index (χ0n) is 11.8. The Hall–Kier alpha value is -1.67. The lowest BCUT2D eigenvalue weighted by Gasteiger charge is -2.13. The minimum Gasteiger partial charge on any atom is -0.313 e. The fraction of sp³-hybridized carbons (Fsp3) is 0.353. The van der Waals surface area contributed by atoms with Crippen molar-refractivity contribution in [2.75, 3.05) is 6.54 Å². The van der Waals surface area contributed by atoms with Gasteiger partial charge in [-0.15, -0.1) is 0 Å². The topological polar surface area (TPSA) is 24.9 Å². The first-order valence-corrected chi connectivity index (χ1v) is 6.92. The first-order valence-electron chi connectivity index (χ1n) is 6.92. The van der Waals surface area contributed by atoms with Crippen molar-refractivity contribution in [2.24, 2.45) is 0 Å². The van der Waals surface area contributed by atoms with Crippen molar-refractivity contribution in [1.82, 2.24) is 10.3 Å². The molecule has 0 aliphatic heterocycles. The van der Waals surface area contributed by atoms with Crippen molar-refractivity contribution in [2.45, 2.75) is 32.7 Å². The molecule has 1 N–H and O–H groups in total. The van der Waals surface area contributed by atoms with E-state index in [1.165, 1.54) is 16.7 Å². The van der Waals surface area contributed by atoms with Crippen molar-refractivity contribution >= 4 is 0 Å². The number of hydrogen-bond acceptors (Lipinski definition) is 2. The van der Waals surface area contributed by atoms with E-state index in [2.05, 4.69) is 60.5 Å². The maximum Gasteiger partial charge on any atom is 0.0315 e. The van der Waals surface area contributed by atoms with E-state index < -0.39 is 0 Å². The molecule has 0 aliphatic carbocycles. The number of hydrogen-bond donors (Lipinski definition) is 1. The molecule has 1 heterocycles. The summed E-state index contributed by atoms with van der Waals surface area (Å²) in [5.74, 6) is 0.601. The molecule has 0 aliphatic rings. The molecule has 1 aromatic heterocycles. The Morgan fingerprint density at radius 1 is 1.16 bits per heavy atom. The number of aryl methyl sites for hydroxylation is 1. The molecule has 0 amide bonds. The van der Waals surface area contributed by atoms with Gasteiger partial charge in [-0.1, -0.05) is 37.3 Å². The maximum absolute atomic E-state index is 4.17. The van der Waals surface area contributed by atoms with Crippen LogP contribution < -0.4 is 5.32 Å². The molecule has 0 spiro atoms. The summed E-state index contributed by atoms with van der Waals surface area (Å²) in [5, 5.41) is 3.50. The molecular weight excluding hydrogens is 232 g/mol. The fourth-order valence-corrected chi connectivity index (χ4v) is 2.17. The van der Waals surface area contributed by atoms with E-state index in [9.17, 15) is 0 Å². The highest BCUT2D eigenvalue weighted by Gasteiger charge is 2.04. The van der Waals surface area contributed by atoms with Crippen LogP contribution in [0.3, 0.4) is 0 Å². The largest absolute Gasteiger partial charge is 0.313 e. The molecule has 0 bridgehead atoms. The molecule has 1 atom stereocenters. The average molecular weight is 254 g/mol. The van der Waals surface area contributed by atoms with Crippen LogP contribution in [0.15, 0.2) is 48.8 Å². The number of aromatic nitrogens is 1. The second kappa shape index (κ2) is 7.05. The van der Waals surface area contributed by atoms with E-state index in [-0.39, 0.29) is 0 Å². The predicted octanol–water partition coefficient (Wildman–Crippen LogP) is 3.67. The van der Waals surface area contributed by atoms with Crippen LogP contribution in [0.4, 0.5) is 0 Å². The summed E-state index contributed by atoms with van der Waals surface area (Å²) in [6.45, 7) is 6.35. The van der Waals surface area contributed by atoms with Gasteiger partial charge in [0.15, 0.2) is 0 Å². The number of nitrogens with zero attached hydrogens (tertiary/aromatic N) is 1. The van der Waals surface area contributed by atoms with Crippen LogP contribution in [0.1, 0.15) is 36.0 Å². The summed E-state index contributed by atoms with van der Waals surface area (Å²) in [4.78, 5) is 4.17. The third-order valence-corrected chi connectivity index (χ3v) is 3.59. The molecule has 1 unspecified atom stereocenters. The van der Waals surface area contributed by atoms with Gasteiger partial charge in [0.1, 0.15) is 0 Å². The lowest BCUT2D eigenvalue weighted by atomic mass is 9.98. The molecule has 0 radical (unpaired) electrons. The lowest BCUT2D eigenvalue weighted by molar-refractivity contribution is 0.593.